The summed E-state index contributed by atoms with van der Waals surface area (Å²) in [5, 5.41) is 7.19. The van der Waals surface area contributed by atoms with E-state index >= 15 is 0 Å². The number of benzene rings is 3. The van der Waals surface area contributed by atoms with Crippen LogP contribution in [0.4, 0.5) is 0 Å². The normalized spacial score (nSPS) is 22.9. The molecule has 2 aliphatic heterocycles. The number of rotatable bonds is 2. The van der Waals surface area contributed by atoms with Gasteiger partial charge in [-0.25, -0.2) is 5.01 Å². The molecule has 2 heterocycles. The van der Waals surface area contributed by atoms with E-state index in [0.29, 0.717) is 0 Å². The Hall–Kier alpha value is -2.11. The van der Waals surface area contributed by atoms with Gasteiger partial charge in [-0.1, -0.05) is 74.3 Å². The molecule has 0 saturated heterocycles. The second kappa shape index (κ2) is 6.75. The first-order chi connectivity index (χ1) is 13.5. The van der Waals surface area contributed by atoms with Gasteiger partial charge in [0.25, 0.3) is 0 Å². The average molecular weight is 498 g/mol. The van der Waals surface area contributed by atoms with Crippen molar-refractivity contribution in [3.05, 3.63) is 98.4 Å². The summed E-state index contributed by atoms with van der Waals surface area (Å²) in [6, 6.07) is 25.1. The van der Waals surface area contributed by atoms with Gasteiger partial charge in [-0.15, -0.1) is 0 Å². The zero-order valence-electron chi connectivity index (χ0n) is 15.3. The standard InChI is InChI=1S/C23H18Br2N2O/c1-23(16-7-9-17(24)10-8-16)27-21(19-13-18(25)11-12-22(19)28-23)14-20(26-27)15-5-3-2-4-6-15/h2-13,21H,14H2,1H3. The van der Waals surface area contributed by atoms with Crippen LogP contribution in [-0.4, -0.2) is 10.7 Å². The van der Waals surface area contributed by atoms with Crippen LogP contribution in [-0.2, 0) is 5.72 Å². The highest BCUT2D eigenvalue weighted by atomic mass is 79.9. The first-order valence-corrected chi connectivity index (χ1v) is 10.8. The van der Waals surface area contributed by atoms with Gasteiger partial charge in [0, 0.05) is 33.4 Å². The van der Waals surface area contributed by atoms with Gasteiger partial charge in [0.05, 0.1) is 11.8 Å². The van der Waals surface area contributed by atoms with Crippen LogP contribution < -0.4 is 4.74 Å². The molecule has 140 valence electrons. The van der Waals surface area contributed by atoms with Crippen LogP contribution >= 0.6 is 31.9 Å². The summed E-state index contributed by atoms with van der Waals surface area (Å²) in [7, 11) is 0. The van der Waals surface area contributed by atoms with Crippen molar-refractivity contribution in [1.82, 2.24) is 5.01 Å². The maximum atomic E-state index is 6.58. The number of fused-ring (bicyclic) bond motifs is 3. The molecule has 0 amide bonds. The van der Waals surface area contributed by atoms with Gasteiger partial charge >= 0.3 is 0 Å². The fourth-order valence-electron chi connectivity index (χ4n) is 4.03. The van der Waals surface area contributed by atoms with Crippen LogP contribution in [0.3, 0.4) is 0 Å². The van der Waals surface area contributed by atoms with Crippen molar-refractivity contribution in [2.24, 2.45) is 5.10 Å². The summed E-state index contributed by atoms with van der Waals surface area (Å²) >= 11 is 7.14. The van der Waals surface area contributed by atoms with Crippen molar-refractivity contribution in [2.45, 2.75) is 25.1 Å². The third kappa shape index (κ3) is 2.88. The van der Waals surface area contributed by atoms with Crippen molar-refractivity contribution < 1.29 is 4.74 Å². The van der Waals surface area contributed by atoms with E-state index in [-0.39, 0.29) is 6.04 Å². The molecule has 0 aliphatic carbocycles. The van der Waals surface area contributed by atoms with Crippen molar-refractivity contribution in [1.29, 1.82) is 0 Å². The molecule has 5 rings (SSSR count). The molecule has 2 aliphatic rings. The Morgan fingerprint density at radius 2 is 1.68 bits per heavy atom. The highest BCUT2D eigenvalue weighted by molar-refractivity contribution is 9.10. The predicted molar refractivity (Wildman–Crippen MR) is 118 cm³/mol. The molecule has 0 aromatic heterocycles. The maximum Gasteiger partial charge on any atom is 0.221 e. The van der Waals surface area contributed by atoms with Crippen LogP contribution in [0.5, 0.6) is 5.75 Å². The molecule has 3 aromatic carbocycles. The molecule has 3 aromatic rings. The minimum Gasteiger partial charge on any atom is -0.462 e. The number of ether oxygens (including phenoxy) is 1. The lowest BCUT2D eigenvalue weighted by molar-refractivity contribution is -0.112. The number of hydrogen-bond donors (Lipinski definition) is 0. The number of hydrogen-bond acceptors (Lipinski definition) is 3. The molecule has 0 N–H and O–H groups in total. The summed E-state index contributed by atoms with van der Waals surface area (Å²) in [5.74, 6) is 0.916. The van der Waals surface area contributed by atoms with Crippen LogP contribution in [0, 0.1) is 0 Å². The Balaban J connectivity index is 1.66. The first kappa shape index (κ1) is 18.0. The van der Waals surface area contributed by atoms with E-state index in [1.807, 2.05) is 30.3 Å². The Morgan fingerprint density at radius 3 is 2.43 bits per heavy atom. The Labute approximate surface area is 181 Å². The molecule has 3 nitrogen and oxygen atoms in total. The average Bonchev–Trinajstić information content (AvgIpc) is 3.17. The van der Waals surface area contributed by atoms with E-state index in [0.717, 1.165) is 38.0 Å². The van der Waals surface area contributed by atoms with Gasteiger partial charge in [-0.2, -0.15) is 5.10 Å². The molecule has 0 saturated carbocycles. The van der Waals surface area contributed by atoms with Gasteiger partial charge in [-0.05, 0) is 35.9 Å². The van der Waals surface area contributed by atoms with Crippen molar-refractivity contribution in [2.75, 3.05) is 0 Å². The van der Waals surface area contributed by atoms with Crippen molar-refractivity contribution >= 4 is 37.6 Å². The van der Waals surface area contributed by atoms with Crippen LogP contribution in [0.1, 0.15) is 36.1 Å². The fourth-order valence-corrected chi connectivity index (χ4v) is 4.68. The van der Waals surface area contributed by atoms with E-state index in [1.54, 1.807) is 0 Å². The lowest BCUT2D eigenvalue weighted by atomic mass is 9.92. The van der Waals surface area contributed by atoms with E-state index in [2.05, 4.69) is 86.3 Å². The van der Waals surface area contributed by atoms with Gasteiger partial charge in [0.15, 0.2) is 0 Å². The summed E-state index contributed by atoms with van der Waals surface area (Å²) in [6.07, 6.45) is 0.850. The number of hydrazone groups is 1. The number of halogens is 2. The minimum atomic E-state index is -0.678. The second-order valence-corrected chi connectivity index (χ2v) is 9.08. The fraction of sp³-hybridized carbons (Fsp3) is 0.174. The summed E-state index contributed by atoms with van der Waals surface area (Å²) < 4.78 is 8.68. The maximum absolute atomic E-state index is 6.58. The Bertz CT molecular complexity index is 1070. The van der Waals surface area contributed by atoms with Crippen LogP contribution in [0.2, 0.25) is 0 Å². The summed E-state index contributed by atoms with van der Waals surface area (Å²) in [4.78, 5) is 0. The van der Waals surface area contributed by atoms with E-state index in [1.165, 1.54) is 5.56 Å². The topological polar surface area (TPSA) is 24.8 Å². The smallest absolute Gasteiger partial charge is 0.221 e. The zero-order chi connectivity index (χ0) is 19.3. The highest BCUT2D eigenvalue weighted by Gasteiger charge is 2.48. The van der Waals surface area contributed by atoms with Crippen LogP contribution in [0.25, 0.3) is 0 Å². The summed E-state index contributed by atoms with van der Waals surface area (Å²) in [6.45, 7) is 2.10. The molecule has 0 fully saturated rings. The number of nitrogens with zero attached hydrogens (tertiary/aromatic N) is 2. The Kier molecular flexibility index (Phi) is 4.33. The quantitative estimate of drug-likeness (QED) is 0.397. The lowest BCUT2D eigenvalue weighted by Gasteiger charge is -2.46. The SMILES string of the molecule is CC1(c2ccc(Br)cc2)Oc2ccc(Br)cc2C2CC(c3ccccc3)=NN21. The molecular formula is C23H18Br2N2O. The third-order valence-electron chi connectivity index (χ3n) is 5.47. The van der Waals surface area contributed by atoms with Gasteiger partial charge in [-0.3, -0.25) is 0 Å². The third-order valence-corrected chi connectivity index (χ3v) is 6.50. The molecule has 2 atom stereocenters. The van der Waals surface area contributed by atoms with Crippen molar-refractivity contribution in [3.63, 3.8) is 0 Å². The van der Waals surface area contributed by atoms with E-state index in [4.69, 9.17) is 9.84 Å². The van der Waals surface area contributed by atoms with Gasteiger partial charge in [0.1, 0.15) is 5.75 Å². The van der Waals surface area contributed by atoms with Gasteiger partial charge in [0.2, 0.25) is 5.72 Å². The first-order valence-electron chi connectivity index (χ1n) is 9.21. The molecule has 0 bridgehead atoms. The molecular weight excluding hydrogens is 480 g/mol. The summed E-state index contributed by atoms with van der Waals surface area (Å²) in [5.41, 5.74) is 3.81. The zero-order valence-corrected chi connectivity index (χ0v) is 18.4. The molecule has 28 heavy (non-hydrogen) atoms. The highest BCUT2D eigenvalue weighted by Crippen LogP contribution is 2.50. The Morgan fingerprint density at radius 1 is 0.964 bits per heavy atom. The molecule has 2 unspecified atom stereocenters. The van der Waals surface area contributed by atoms with E-state index < -0.39 is 5.72 Å². The molecule has 5 heteroatoms. The van der Waals surface area contributed by atoms with E-state index in [9.17, 15) is 0 Å². The van der Waals surface area contributed by atoms with Crippen molar-refractivity contribution in [3.8, 4) is 5.75 Å². The lowest BCUT2D eigenvalue weighted by Crippen LogP contribution is -2.48. The second-order valence-electron chi connectivity index (χ2n) is 7.25. The monoisotopic (exact) mass is 496 g/mol. The van der Waals surface area contributed by atoms with Crippen LogP contribution in [0.15, 0.2) is 86.8 Å². The molecule has 0 radical (unpaired) electrons. The predicted octanol–water partition coefficient (Wildman–Crippen LogP) is 6.63. The molecule has 0 spiro atoms. The van der Waals surface area contributed by atoms with Gasteiger partial charge < -0.3 is 4.74 Å². The minimum absolute atomic E-state index is 0.130. The largest absolute Gasteiger partial charge is 0.462 e.